The first-order valence-electron chi connectivity index (χ1n) is 4.63. The molecule has 0 unspecified atom stereocenters. The van der Waals surface area contributed by atoms with Crippen LogP contribution in [0.5, 0.6) is 0 Å². The van der Waals surface area contributed by atoms with Gasteiger partial charge >= 0.3 is 0 Å². The molecule has 1 nitrogen and oxygen atoms in total. The Morgan fingerprint density at radius 1 is 0.812 bits per heavy atom. The molecule has 0 aliphatic heterocycles. The van der Waals surface area contributed by atoms with Gasteiger partial charge in [-0.1, -0.05) is 46.9 Å². The molecule has 82 valence electrons. The SMILES string of the molecule is Clc1cc(Cl)cc(Nc2ccccc2Cl)c1. The van der Waals surface area contributed by atoms with E-state index >= 15 is 0 Å². The van der Waals surface area contributed by atoms with Crippen LogP contribution in [0.25, 0.3) is 0 Å². The Balaban J connectivity index is 2.30. The van der Waals surface area contributed by atoms with Crippen molar-refractivity contribution in [1.29, 1.82) is 0 Å². The Kier molecular flexibility index (Phi) is 3.59. The van der Waals surface area contributed by atoms with Crippen molar-refractivity contribution >= 4 is 46.2 Å². The van der Waals surface area contributed by atoms with Gasteiger partial charge in [-0.2, -0.15) is 0 Å². The minimum absolute atomic E-state index is 0.585. The molecule has 1 N–H and O–H groups in total. The van der Waals surface area contributed by atoms with Crippen molar-refractivity contribution in [2.45, 2.75) is 0 Å². The minimum Gasteiger partial charge on any atom is -0.354 e. The molecule has 4 heteroatoms. The lowest BCUT2D eigenvalue weighted by Crippen LogP contribution is -1.90. The molecule has 0 saturated heterocycles. The van der Waals surface area contributed by atoms with Crippen molar-refractivity contribution in [3.05, 3.63) is 57.5 Å². The Labute approximate surface area is 109 Å². The summed E-state index contributed by atoms with van der Waals surface area (Å²) in [4.78, 5) is 0. The van der Waals surface area contributed by atoms with Crippen LogP contribution in [0.1, 0.15) is 0 Å². The number of hydrogen-bond acceptors (Lipinski definition) is 1. The molecule has 0 aliphatic carbocycles. The Morgan fingerprint density at radius 3 is 2.06 bits per heavy atom. The van der Waals surface area contributed by atoms with Crippen molar-refractivity contribution in [3.63, 3.8) is 0 Å². The van der Waals surface area contributed by atoms with Crippen LogP contribution in [0.2, 0.25) is 15.1 Å². The Morgan fingerprint density at radius 2 is 1.44 bits per heavy atom. The maximum absolute atomic E-state index is 6.03. The van der Waals surface area contributed by atoms with E-state index in [4.69, 9.17) is 34.8 Å². The van der Waals surface area contributed by atoms with Crippen LogP contribution in [0.3, 0.4) is 0 Å². The zero-order chi connectivity index (χ0) is 11.5. The molecule has 2 rings (SSSR count). The molecule has 0 amide bonds. The van der Waals surface area contributed by atoms with Crippen molar-refractivity contribution in [2.24, 2.45) is 0 Å². The van der Waals surface area contributed by atoms with Gasteiger partial charge in [0.1, 0.15) is 0 Å². The molecule has 0 spiro atoms. The summed E-state index contributed by atoms with van der Waals surface area (Å²) in [5.41, 5.74) is 1.63. The number of hydrogen-bond donors (Lipinski definition) is 1. The van der Waals surface area contributed by atoms with Gasteiger partial charge in [0.25, 0.3) is 0 Å². The first-order valence-corrected chi connectivity index (χ1v) is 5.76. The molecule has 0 atom stereocenters. The van der Waals surface area contributed by atoms with Crippen molar-refractivity contribution < 1.29 is 0 Å². The standard InChI is InChI=1S/C12H8Cl3N/c13-8-5-9(14)7-10(6-8)16-12-4-2-1-3-11(12)15/h1-7,16H. The number of para-hydroxylation sites is 1. The summed E-state index contributed by atoms with van der Waals surface area (Å²) in [5, 5.41) is 4.97. The van der Waals surface area contributed by atoms with Crippen LogP contribution in [-0.2, 0) is 0 Å². The van der Waals surface area contributed by atoms with Gasteiger partial charge in [-0.25, -0.2) is 0 Å². The van der Waals surface area contributed by atoms with Gasteiger partial charge < -0.3 is 5.32 Å². The molecule has 0 heterocycles. The van der Waals surface area contributed by atoms with E-state index in [0.717, 1.165) is 11.4 Å². The third-order valence-electron chi connectivity index (χ3n) is 2.02. The zero-order valence-corrected chi connectivity index (χ0v) is 10.4. The predicted octanol–water partition coefficient (Wildman–Crippen LogP) is 5.39. The van der Waals surface area contributed by atoms with Crippen LogP contribution in [0.4, 0.5) is 11.4 Å². The zero-order valence-electron chi connectivity index (χ0n) is 8.18. The summed E-state index contributed by atoms with van der Waals surface area (Å²) in [5.74, 6) is 0. The second-order valence-corrected chi connectivity index (χ2v) is 4.54. The van der Waals surface area contributed by atoms with Crippen LogP contribution >= 0.6 is 34.8 Å². The van der Waals surface area contributed by atoms with Gasteiger partial charge in [0.05, 0.1) is 10.7 Å². The maximum Gasteiger partial charge on any atom is 0.0640 e. The second kappa shape index (κ2) is 4.96. The highest BCUT2D eigenvalue weighted by molar-refractivity contribution is 6.35. The van der Waals surface area contributed by atoms with Crippen LogP contribution in [-0.4, -0.2) is 0 Å². The van der Waals surface area contributed by atoms with Crippen molar-refractivity contribution in [1.82, 2.24) is 0 Å². The molecule has 0 aliphatic rings. The number of anilines is 2. The summed E-state index contributed by atoms with van der Waals surface area (Å²) in [7, 11) is 0. The van der Waals surface area contributed by atoms with Gasteiger partial charge in [0.15, 0.2) is 0 Å². The van der Waals surface area contributed by atoms with Gasteiger partial charge in [-0.15, -0.1) is 0 Å². The van der Waals surface area contributed by atoms with E-state index in [2.05, 4.69) is 5.32 Å². The van der Waals surface area contributed by atoms with Gasteiger partial charge in [-0.3, -0.25) is 0 Å². The topological polar surface area (TPSA) is 12.0 Å². The normalized spacial score (nSPS) is 10.2. The molecule has 0 fully saturated rings. The maximum atomic E-state index is 6.03. The molecule has 2 aromatic carbocycles. The lowest BCUT2D eigenvalue weighted by molar-refractivity contribution is 1.55. The first-order chi connectivity index (χ1) is 7.65. The minimum atomic E-state index is 0.585. The summed E-state index contributed by atoms with van der Waals surface area (Å²) < 4.78 is 0. The molecule has 0 aromatic heterocycles. The van der Waals surface area contributed by atoms with E-state index in [-0.39, 0.29) is 0 Å². The largest absolute Gasteiger partial charge is 0.354 e. The fourth-order valence-corrected chi connectivity index (χ4v) is 2.05. The lowest BCUT2D eigenvalue weighted by atomic mass is 10.2. The molecule has 2 aromatic rings. The van der Waals surface area contributed by atoms with Crippen LogP contribution < -0.4 is 5.32 Å². The molecule has 0 saturated carbocycles. The summed E-state index contributed by atoms with van der Waals surface area (Å²) >= 11 is 17.8. The Bertz CT molecular complexity index is 491. The fraction of sp³-hybridized carbons (Fsp3) is 0. The van der Waals surface area contributed by atoms with Gasteiger partial charge in [-0.05, 0) is 30.3 Å². The smallest absolute Gasteiger partial charge is 0.0640 e. The third-order valence-corrected chi connectivity index (χ3v) is 2.78. The van der Waals surface area contributed by atoms with E-state index < -0.39 is 0 Å². The first kappa shape index (κ1) is 11.6. The summed E-state index contributed by atoms with van der Waals surface area (Å²) in [6, 6.07) is 12.7. The molecule has 16 heavy (non-hydrogen) atoms. The second-order valence-electron chi connectivity index (χ2n) is 3.26. The third kappa shape index (κ3) is 2.82. The van der Waals surface area contributed by atoms with E-state index in [0.29, 0.717) is 15.1 Å². The van der Waals surface area contributed by atoms with E-state index in [1.54, 1.807) is 18.2 Å². The number of rotatable bonds is 2. The average Bonchev–Trinajstić information content (AvgIpc) is 2.20. The highest BCUT2D eigenvalue weighted by atomic mass is 35.5. The molecular weight excluding hydrogens is 264 g/mol. The monoisotopic (exact) mass is 271 g/mol. The summed E-state index contributed by atoms with van der Waals surface area (Å²) in [6.45, 7) is 0. The highest BCUT2D eigenvalue weighted by Gasteiger charge is 2.01. The molecular formula is C12H8Cl3N. The fourth-order valence-electron chi connectivity index (χ4n) is 1.34. The van der Waals surface area contributed by atoms with Crippen molar-refractivity contribution in [3.8, 4) is 0 Å². The number of benzene rings is 2. The Hall–Kier alpha value is -0.890. The lowest BCUT2D eigenvalue weighted by Gasteiger charge is -2.08. The van der Waals surface area contributed by atoms with Gasteiger partial charge in [0, 0.05) is 15.7 Å². The van der Waals surface area contributed by atoms with Crippen LogP contribution in [0.15, 0.2) is 42.5 Å². The average molecular weight is 273 g/mol. The van der Waals surface area contributed by atoms with E-state index in [9.17, 15) is 0 Å². The quantitative estimate of drug-likeness (QED) is 0.773. The van der Waals surface area contributed by atoms with Gasteiger partial charge in [0.2, 0.25) is 0 Å². The van der Waals surface area contributed by atoms with E-state index in [1.807, 2.05) is 24.3 Å². The van der Waals surface area contributed by atoms with Crippen LogP contribution in [0, 0.1) is 0 Å². The molecule has 0 bridgehead atoms. The van der Waals surface area contributed by atoms with Crippen molar-refractivity contribution in [2.75, 3.05) is 5.32 Å². The summed E-state index contributed by atoms with van der Waals surface area (Å²) in [6.07, 6.45) is 0. The predicted molar refractivity (Wildman–Crippen MR) is 71.2 cm³/mol. The number of halogens is 3. The highest BCUT2D eigenvalue weighted by Crippen LogP contribution is 2.28. The molecule has 0 radical (unpaired) electrons. The number of nitrogens with one attached hydrogen (secondary N) is 1. The van der Waals surface area contributed by atoms with E-state index in [1.165, 1.54) is 0 Å².